The van der Waals surface area contributed by atoms with E-state index >= 15 is 0 Å². The summed E-state index contributed by atoms with van der Waals surface area (Å²) in [7, 11) is 5.63. The topological polar surface area (TPSA) is 63.0 Å². The standard InChI is InChI=1S/C22H24ClN5O2S.ClH/c1-14-19(27-12-6-5-8-17(27)24-14)21(29)28(13-7-11-26(2)3)22-25-18-16(30-4)10-9-15(23)20(18)31-22;/h5-6,8-10,12H,7,11,13H2,1-4H3;1H. The maximum absolute atomic E-state index is 13.8. The minimum atomic E-state index is -0.135. The molecule has 32 heavy (non-hydrogen) atoms. The molecule has 0 bridgehead atoms. The van der Waals surface area contributed by atoms with E-state index in [0.717, 1.165) is 23.3 Å². The van der Waals surface area contributed by atoms with Crippen LogP contribution in [0, 0.1) is 6.92 Å². The van der Waals surface area contributed by atoms with E-state index in [4.69, 9.17) is 21.3 Å². The Hall–Kier alpha value is -2.39. The van der Waals surface area contributed by atoms with E-state index in [1.165, 1.54) is 11.3 Å². The van der Waals surface area contributed by atoms with Crippen molar-refractivity contribution in [1.29, 1.82) is 0 Å². The second kappa shape index (κ2) is 10.0. The molecular formula is C22H25Cl2N5O2S. The Morgan fingerprint density at radius 2 is 1.97 bits per heavy atom. The van der Waals surface area contributed by atoms with Crippen LogP contribution >= 0.6 is 35.3 Å². The number of carbonyl (C=O) groups is 1. The van der Waals surface area contributed by atoms with Gasteiger partial charge in [-0.25, -0.2) is 9.97 Å². The number of nitrogens with zero attached hydrogens (tertiary/aromatic N) is 5. The fraction of sp³-hybridized carbons (Fsp3) is 0.318. The maximum atomic E-state index is 13.8. The van der Waals surface area contributed by atoms with E-state index in [-0.39, 0.29) is 18.3 Å². The summed E-state index contributed by atoms with van der Waals surface area (Å²) in [5, 5.41) is 1.18. The smallest absolute Gasteiger partial charge is 0.278 e. The van der Waals surface area contributed by atoms with E-state index in [1.807, 2.05) is 49.8 Å². The van der Waals surface area contributed by atoms with Crippen molar-refractivity contribution in [2.75, 3.05) is 39.2 Å². The van der Waals surface area contributed by atoms with Crippen LogP contribution in [0.1, 0.15) is 22.6 Å². The van der Waals surface area contributed by atoms with Crippen molar-refractivity contribution in [2.45, 2.75) is 13.3 Å². The van der Waals surface area contributed by atoms with Gasteiger partial charge in [0.15, 0.2) is 5.13 Å². The Bertz CT molecular complexity index is 1250. The van der Waals surface area contributed by atoms with Gasteiger partial charge in [-0.1, -0.05) is 29.0 Å². The number of aryl methyl sites for hydroxylation is 1. The number of methoxy groups -OCH3 is 1. The molecule has 0 unspecified atom stereocenters. The van der Waals surface area contributed by atoms with Gasteiger partial charge in [-0.2, -0.15) is 0 Å². The molecule has 0 atom stereocenters. The van der Waals surface area contributed by atoms with Crippen molar-refractivity contribution < 1.29 is 9.53 Å². The van der Waals surface area contributed by atoms with Crippen molar-refractivity contribution >= 4 is 62.2 Å². The molecule has 1 aromatic carbocycles. The number of imidazole rings is 1. The second-order valence-electron chi connectivity index (χ2n) is 7.51. The highest BCUT2D eigenvalue weighted by Gasteiger charge is 2.27. The third kappa shape index (κ3) is 4.54. The number of hydrogen-bond acceptors (Lipinski definition) is 6. The quantitative estimate of drug-likeness (QED) is 0.365. The van der Waals surface area contributed by atoms with Crippen molar-refractivity contribution in [1.82, 2.24) is 19.3 Å². The number of ether oxygens (including phenoxy) is 1. The number of aromatic nitrogens is 3. The molecule has 3 heterocycles. The van der Waals surface area contributed by atoms with Crippen molar-refractivity contribution in [3.05, 3.63) is 52.9 Å². The van der Waals surface area contributed by atoms with Crippen molar-refractivity contribution in [3.63, 3.8) is 0 Å². The third-order valence-electron chi connectivity index (χ3n) is 5.04. The van der Waals surface area contributed by atoms with Gasteiger partial charge in [-0.05, 0) is 58.3 Å². The van der Waals surface area contributed by atoms with Gasteiger partial charge in [0.25, 0.3) is 5.91 Å². The predicted octanol–water partition coefficient (Wildman–Crippen LogP) is 4.93. The Kier molecular flexibility index (Phi) is 7.61. The molecule has 7 nitrogen and oxygen atoms in total. The number of hydrogen-bond donors (Lipinski definition) is 0. The first kappa shape index (κ1) is 24.3. The molecule has 3 aromatic heterocycles. The molecule has 10 heteroatoms. The molecule has 0 aliphatic heterocycles. The number of halogens is 2. The molecule has 4 aromatic rings. The Morgan fingerprint density at radius 1 is 1.19 bits per heavy atom. The molecule has 4 rings (SSSR count). The normalized spacial score (nSPS) is 11.2. The summed E-state index contributed by atoms with van der Waals surface area (Å²) in [4.78, 5) is 26.9. The zero-order valence-electron chi connectivity index (χ0n) is 18.3. The monoisotopic (exact) mass is 493 g/mol. The lowest BCUT2D eigenvalue weighted by Crippen LogP contribution is -2.34. The summed E-state index contributed by atoms with van der Waals surface area (Å²) in [6.45, 7) is 3.23. The summed E-state index contributed by atoms with van der Waals surface area (Å²) in [6, 6.07) is 9.28. The van der Waals surface area contributed by atoms with Crippen LogP contribution in [-0.4, -0.2) is 59.5 Å². The summed E-state index contributed by atoms with van der Waals surface area (Å²) < 4.78 is 8.09. The van der Waals surface area contributed by atoms with Gasteiger partial charge in [0.05, 0.1) is 22.5 Å². The molecule has 170 valence electrons. The fourth-order valence-corrected chi connectivity index (χ4v) is 4.83. The first-order valence-electron chi connectivity index (χ1n) is 9.94. The van der Waals surface area contributed by atoms with Crippen molar-refractivity contribution in [3.8, 4) is 5.75 Å². The number of fused-ring (bicyclic) bond motifs is 2. The van der Waals surface area contributed by atoms with E-state index in [1.54, 1.807) is 24.1 Å². The lowest BCUT2D eigenvalue weighted by Gasteiger charge is -2.21. The van der Waals surface area contributed by atoms with E-state index in [0.29, 0.717) is 39.4 Å². The van der Waals surface area contributed by atoms with Crippen LogP contribution in [0.2, 0.25) is 5.02 Å². The first-order valence-corrected chi connectivity index (χ1v) is 11.1. The Balaban J connectivity index is 0.00000289. The second-order valence-corrected chi connectivity index (χ2v) is 8.90. The van der Waals surface area contributed by atoms with E-state index in [9.17, 15) is 4.79 Å². The highest BCUT2D eigenvalue weighted by molar-refractivity contribution is 7.23. The lowest BCUT2D eigenvalue weighted by atomic mass is 10.2. The summed E-state index contributed by atoms with van der Waals surface area (Å²) in [5.74, 6) is 0.498. The maximum Gasteiger partial charge on any atom is 0.278 e. The number of pyridine rings is 1. The van der Waals surface area contributed by atoms with Gasteiger partial charge < -0.3 is 9.64 Å². The predicted molar refractivity (Wildman–Crippen MR) is 133 cm³/mol. The van der Waals surface area contributed by atoms with Crippen LogP contribution in [0.3, 0.4) is 0 Å². The van der Waals surface area contributed by atoms with Crippen molar-refractivity contribution in [2.24, 2.45) is 0 Å². The molecule has 0 fully saturated rings. The van der Waals surface area contributed by atoms with E-state index in [2.05, 4.69) is 9.88 Å². The summed E-state index contributed by atoms with van der Waals surface area (Å²) in [6.07, 6.45) is 2.66. The number of thiazole rings is 1. The van der Waals surface area contributed by atoms with Gasteiger partial charge in [-0.15, -0.1) is 12.4 Å². The molecule has 0 N–H and O–H groups in total. The molecule has 0 aliphatic rings. The average Bonchev–Trinajstić information content (AvgIpc) is 3.32. The number of anilines is 1. The zero-order valence-corrected chi connectivity index (χ0v) is 20.7. The number of rotatable bonds is 7. The van der Waals surface area contributed by atoms with Crippen LogP contribution in [-0.2, 0) is 0 Å². The van der Waals surface area contributed by atoms with Gasteiger partial charge in [0.1, 0.15) is 22.6 Å². The summed E-state index contributed by atoms with van der Waals surface area (Å²) in [5.41, 5.74) is 2.63. The molecule has 0 aliphatic carbocycles. The minimum absolute atomic E-state index is 0. The molecule has 0 saturated carbocycles. The van der Waals surface area contributed by atoms with Gasteiger partial charge in [0, 0.05) is 12.7 Å². The van der Waals surface area contributed by atoms with E-state index < -0.39 is 0 Å². The number of carbonyl (C=O) groups excluding carboxylic acids is 1. The molecule has 0 spiro atoms. The van der Waals surface area contributed by atoms with Crippen LogP contribution in [0.25, 0.3) is 15.9 Å². The Morgan fingerprint density at radius 3 is 2.69 bits per heavy atom. The molecular weight excluding hydrogens is 469 g/mol. The molecule has 0 radical (unpaired) electrons. The Labute approximate surface area is 202 Å². The fourth-order valence-electron chi connectivity index (χ4n) is 3.55. The van der Waals surface area contributed by atoms with Gasteiger partial charge in [0.2, 0.25) is 0 Å². The average molecular weight is 494 g/mol. The van der Waals surface area contributed by atoms with Crippen LogP contribution in [0.15, 0.2) is 36.5 Å². The molecule has 1 amide bonds. The zero-order chi connectivity index (χ0) is 22.1. The first-order chi connectivity index (χ1) is 14.9. The number of benzene rings is 1. The largest absolute Gasteiger partial charge is 0.494 e. The van der Waals surface area contributed by atoms with Gasteiger partial charge in [-0.3, -0.25) is 14.1 Å². The van der Waals surface area contributed by atoms with Crippen LogP contribution < -0.4 is 9.64 Å². The van der Waals surface area contributed by atoms with Gasteiger partial charge >= 0.3 is 0 Å². The lowest BCUT2D eigenvalue weighted by molar-refractivity contribution is 0.0979. The minimum Gasteiger partial charge on any atom is -0.494 e. The molecule has 0 saturated heterocycles. The highest BCUT2D eigenvalue weighted by atomic mass is 35.5. The third-order valence-corrected chi connectivity index (χ3v) is 6.58. The highest BCUT2D eigenvalue weighted by Crippen LogP contribution is 2.39. The summed E-state index contributed by atoms with van der Waals surface area (Å²) >= 11 is 7.82. The van der Waals surface area contributed by atoms with Crippen LogP contribution in [0.5, 0.6) is 5.75 Å². The number of amides is 1. The van der Waals surface area contributed by atoms with Crippen LogP contribution in [0.4, 0.5) is 5.13 Å². The SMILES string of the molecule is COc1ccc(Cl)c2sc(N(CCCN(C)C)C(=O)c3c(C)nc4ccccn34)nc12.Cl.